The number of nitrogens with zero attached hydrogens (tertiary/aromatic N) is 2. The molecule has 0 radical (unpaired) electrons. The van der Waals surface area contributed by atoms with Gasteiger partial charge >= 0.3 is 0 Å². The van der Waals surface area contributed by atoms with Gasteiger partial charge in [-0.1, -0.05) is 0 Å². The lowest BCUT2D eigenvalue weighted by atomic mass is 10.1. The average Bonchev–Trinajstić information content (AvgIpc) is 2.81. The van der Waals surface area contributed by atoms with E-state index in [1.165, 1.54) is 12.1 Å². The van der Waals surface area contributed by atoms with Gasteiger partial charge in [0.25, 0.3) is 0 Å². The lowest BCUT2D eigenvalue weighted by molar-refractivity contribution is 0.626. The smallest absolute Gasteiger partial charge is 0.123 e. The third-order valence-corrected chi connectivity index (χ3v) is 3.40. The fourth-order valence-electron chi connectivity index (χ4n) is 1.68. The molecule has 5 heteroatoms. The summed E-state index contributed by atoms with van der Waals surface area (Å²) in [5.41, 5.74) is 4.54. The zero-order valence-corrected chi connectivity index (χ0v) is 10.9. The van der Waals surface area contributed by atoms with Crippen LogP contribution >= 0.6 is 22.9 Å². The SMILES string of the molecule is CN(Cc1cscn1)c1ccc(F)cc1CCl. The summed E-state index contributed by atoms with van der Waals surface area (Å²) < 4.78 is 13.1. The first kappa shape index (κ1) is 12.3. The zero-order valence-electron chi connectivity index (χ0n) is 9.36. The van der Waals surface area contributed by atoms with E-state index < -0.39 is 0 Å². The van der Waals surface area contributed by atoms with Crippen molar-refractivity contribution >= 4 is 28.6 Å². The Morgan fingerprint density at radius 1 is 1.47 bits per heavy atom. The van der Waals surface area contributed by atoms with Crippen LogP contribution in [0.5, 0.6) is 0 Å². The molecule has 1 aromatic heterocycles. The molecule has 0 aliphatic carbocycles. The first-order valence-corrected chi connectivity index (χ1v) is 6.61. The van der Waals surface area contributed by atoms with Gasteiger partial charge in [-0.3, -0.25) is 0 Å². The van der Waals surface area contributed by atoms with Crippen molar-refractivity contribution in [3.63, 3.8) is 0 Å². The Morgan fingerprint density at radius 2 is 2.29 bits per heavy atom. The first-order valence-electron chi connectivity index (χ1n) is 5.13. The third kappa shape index (κ3) is 2.96. The van der Waals surface area contributed by atoms with Gasteiger partial charge in [-0.05, 0) is 23.8 Å². The summed E-state index contributed by atoms with van der Waals surface area (Å²) in [5, 5.41) is 2.00. The van der Waals surface area contributed by atoms with Crippen molar-refractivity contribution < 1.29 is 4.39 Å². The third-order valence-electron chi connectivity index (χ3n) is 2.48. The molecule has 0 atom stereocenters. The summed E-state index contributed by atoms with van der Waals surface area (Å²) in [6.07, 6.45) is 0. The first-order chi connectivity index (χ1) is 8.20. The van der Waals surface area contributed by atoms with Crippen LogP contribution in [-0.4, -0.2) is 12.0 Å². The lowest BCUT2D eigenvalue weighted by Gasteiger charge is -2.21. The maximum atomic E-state index is 13.1. The molecule has 0 bridgehead atoms. The number of thiazole rings is 1. The van der Waals surface area contributed by atoms with Crippen LogP contribution in [-0.2, 0) is 12.4 Å². The molecule has 0 unspecified atom stereocenters. The Bertz CT molecular complexity index is 487. The van der Waals surface area contributed by atoms with Crippen LogP contribution in [0.1, 0.15) is 11.3 Å². The van der Waals surface area contributed by atoms with Crippen molar-refractivity contribution in [2.75, 3.05) is 11.9 Å². The van der Waals surface area contributed by atoms with E-state index in [0.717, 1.165) is 16.9 Å². The Kier molecular flexibility index (Phi) is 3.97. The molecule has 2 aromatic rings. The summed E-state index contributed by atoms with van der Waals surface area (Å²) in [4.78, 5) is 6.24. The van der Waals surface area contributed by atoms with Gasteiger partial charge in [0.1, 0.15) is 5.82 Å². The Hall–Kier alpha value is -1.13. The Balaban J connectivity index is 2.21. The number of hydrogen-bond acceptors (Lipinski definition) is 3. The van der Waals surface area contributed by atoms with Gasteiger partial charge in [0.15, 0.2) is 0 Å². The van der Waals surface area contributed by atoms with E-state index in [-0.39, 0.29) is 5.82 Å². The Labute approximate surface area is 109 Å². The van der Waals surface area contributed by atoms with Crippen LogP contribution in [0.2, 0.25) is 0 Å². The maximum absolute atomic E-state index is 13.1. The fraction of sp³-hybridized carbons (Fsp3) is 0.250. The summed E-state index contributed by atoms with van der Waals surface area (Å²) in [7, 11) is 1.95. The molecule has 0 N–H and O–H groups in total. The predicted molar refractivity (Wildman–Crippen MR) is 70.2 cm³/mol. The summed E-state index contributed by atoms with van der Waals surface area (Å²) >= 11 is 7.39. The van der Waals surface area contributed by atoms with Gasteiger partial charge in [0.05, 0.1) is 17.7 Å². The molecular formula is C12H12ClFN2S. The molecule has 0 amide bonds. The van der Waals surface area contributed by atoms with Crippen molar-refractivity contribution in [3.8, 4) is 0 Å². The van der Waals surface area contributed by atoms with Crippen LogP contribution in [0.4, 0.5) is 10.1 Å². The number of alkyl halides is 1. The number of hydrogen-bond donors (Lipinski definition) is 0. The van der Waals surface area contributed by atoms with Crippen LogP contribution < -0.4 is 4.90 Å². The minimum Gasteiger partial charge on any atom is -0.368 e. The zero-order chi connectivity index (χ0) is 12.3. The van der Waals surface area contributed by atoms with Crippen molar-refractivity contribution in [1.82, 2.24) is 4.98 Å². The fourth-order valence-corrected chi connectivity index (χ4v) is 2.44. The molecule has 0 spiro atoms. The van der Waals surface area contributed by atoms with Crippen molar-refractivity contribution in [3.05, 3.63) is 46.2 Å². The van der Waals surface area contributed by atoms with Crippen molar-refractivity contribution in [1.29, 1.82) is 0 Å². The number of aromatic nitrogens is 1. The largest absolute Gasteiger partial charge is 0.368 e. The summed E-state index contributed by atoms with van der Waals surface area (Å²) in [6.45, 7) is 0.693. The lowest BCUT2D eigenvalue weighted by Crippen LogP contribution is -2.18. The van der Waals surface area contributed by atoms with E-state index in [9.17, 15) is 4.39 Å². The van der Waals surface area contributed by atoms with Crippen LogP contribution in [0, 0.1) is 5.82 Å². The standard InChI is InChI=1S/C12H12ClFN2S/c1-16(6-11-7-17-8-15-11)12-3-2-10(14)4-9(12)5-13/h2-4,7-8H,5-6H2,1H3. The molecule has 0 fully saturated rings. The van der Waals surface area contributed by atoms with Gasteiger partial charge in [0.2, 0.25) is 0 Å². The van der Waals surface area contributed by atoms with Gasteiger partial charge in [0, 0.05) is 24.0 Å². The highest BCUT2D eigenvalue weighted by Crippen LogP contribution is 2.23. The normalized spacial score (nSPS) is 10.5. The van der Waals surface area contributed by atoms with Gasteiger partial charge < -0.3 is 4.90 Å². The number of anilines is 1. The average molecular weight is 271 g/mol. The molecule has 0 aliphatic rings. The minimum absolute atomic E-state index is 0.258. The van der Waals surface area contributed by atoms with Crippen LogP contribution in [0.25, 0.3) is 0 Å². The molecular weight excluding hydrogens is 259 g/mol. The highest BCUT2D eigenvalue weighted by Gasteiger charge is 2.09. The van der Waals surface area contributed by atoms with E-state index in [1.807, 2.05) is 17.3 Å². The molecule has 0 saturated heterocycles. The van der Waals surface area contributed by atoms with Gasteiger partial charge in [-0.15, -0.1) is 22.9 Å². The topological polar surface area (TPSA) is 16.1 Å². The quantitative estimate of drug-likeness (QED) is 0.789. The van der Waals surface area contributed by atoms with Crippen molar-refractivity contribution in [2.45, 2.75) is 12.4 Å². The molecule has 90 valence electrons. The number of benzene rings is 1. The second kappa shape index (κ2) is 5.47. The monoisotopic (exact) mass is 270 g/mol. The molecule has 17 heavy (non-hydrogen) atoms. The predicted octanol–water partition coefficient (Wildman–Crippen LogP) is 3.66. The highest BCUT2D eigenvalue weighted by atomic mass is 35.5. The maximum Gasteiger partial charge on any atom is 0.123 e. The number of rotatable bonds is 4. The van der Waals surface area contributed by atoms with Gasteiger partial charge in [-0.2, -0.15) is 0 Å². The second-order valence-electron chi connectivity index (χ2n) is 3.74. The second-order valence-corrected chi connectivity index (χ2v) is 4.73. The minimum atomic E-state index is -0.258. The van der Waals surface area contributed by atoms with Crippen molar-refractivity contribution in [2.24, 2.45) is 0 Å². The molecule has 0 saturated carbocycles. The summed E-state index contributed by atoms with van der Waals surface area (Å²) in [6, 6.07) is 4.67. The van der Waals surface area contributed by atoms with Gasteiger partial charge in [-0.25, -0.2) is 9.37 Å². The Morgan fingerprint density at radius 3 is 2.94 bits per heavy atom. The molecule has 2 nitrogen and oxygen atoms in total. The van der Waals surface area contributed by atoms with E-state index in [1.54, 1.807) is 22.9 Å². The molecule has 1 aromatic carbocycles. The van der Waals surface area contributed by atoms with E-state index in [0.29, 0.717) is 12.4 Å². The van der Waals surface area contributed by atoms with Crippen LogP contribution in [0.15, 0.2) is 29.1 Å². The van der Waals surface area contributed by atoms with E-state index in [2.05, 4.69) is 4.98 Å². The highest BCUT2D eigenvalue weighted by molar-refractivity contribution is 7.07. The number of halogens is 2. The summed E-state index contributed by atoms with van der Waals surface area (Å²) in [5.74, 6) is 0.0422. The molecule has 2 rings (SSSR count). The van der Waals surface area contributed by atoms with Crippen LogP contribution in [0.3, 0.4) is 0 Å². The van der Waals surface area contributed by atoms with E-state index >= 15 is 0 Å². The molecule has 0 aliphatic heterocycles. The van der Waals surface area contributed by atoms with E-state index in [4.69, 9.17) is 11.6 Å². The molecule has 1 heterocycles.